The van der Waals surface area contributed by atoms with E-state index < -0.39 is 0 Å². The molecule has 0 aromatic heterocycles. The molecule has 1 aliphatic carbocycles. The molecule has 0 atom stereocenters. The van der Waals surface area contributed by atoms with Crippen molar-refractivity contribution in [2.24, 2.45) is 11.8 Å². The van der Waals surface area contributed by atoms with Crippen LogP contribution in [-0.4, -0.2) is 18.5 Å². The van der Waals surface area contributed by atoms with Gasteiger partial charge in [0.05, 0.1) is 0 Å². The third kappa shape index (κ3) is 5.21. The van der Waals surface area contributed by atoms with Gasteiger partial charge in [0.15, 0.2) is 0 Å². The average Bonchev–Trinajstić information content (AvgIpc) is 2.15. The maximum absolute atomic E-state index is 6.06. The molecule has 0 radical (unpaired) electrons. The summed E-state index contributed by atoms with van der Waals surface area (Å²) in [7, 11) is 0. The molecule has 0 heterocycles. The zero-order valence-electron chi connectivity index (χ0n) is 9.56. The van der Waals surface area contributed by atoms with E-state index in [-0.39, 0.29) is 0 Å². The molecule has 0 aromatic rings. The fraction of sp³-hybridized carbons (Fsp3) is 1.00. The standard InChI is InChI=1S/C12H24ClN/c1-10(2)7-8-14-9-11-3-5-12(13)6-4-11/h10-12,14H,3-9H2,1-2H3. The average molecular weight is 218 g/mol. The van der Waals surface area contributed by atoms with E-state index >= 15 is 0 Å². The van der Waals surface area contributed by atoms with E-state index in [2.05, 4.69) is 19.2 Å². The van der Waals surface area contributed by atoms with E-state index in [4.69, 9.17) is 11.6 Å². The summed E-state index contributed by atoms with van der Waals surface area (Å²) in [5.74, 6) is 1.71. The van der Waals surface area contributed by atoms with Crippen LogP contribution in [0.2, 0.25) is 0 Å². The lowest BCUT2D eigenvalue weighted by molar-refractivity contribution is 0.342. The van der Waals surface area contributed by atoms with Crippen LogP contribution >= 0.6 is 11.6 Å². The summed E-state index contributed by atoms with van der Waals surface area (Å²) in [4.78, 5) is 0. The first kappa shape index (κ1) is 12.3. The van der Waals surface area contributed by atoms with Crippen LogP contribution in [0.25, 0.3) is 0 Å². The zero-order valence-corrected chi connectivity index (χ0v) is 10.3. The Balaban J connectivity index is 1.96. The molecule has 1 saturated carbocycles. The van der Waals surface area contributed by atoms with Gasteiger partial charge in [0.2, 0.25) is 0 Å². The summed E-state index contributed by atoms with van der Waals surface area (Å²) >= 11 is 6.06. The summed E-state index contributed by atoms with van der Waals surface area (Å²) in [5.41, 5.74) is 0. The first-order chi connectivity index (χ1) is 6.68. The van der Waals surface area contributed by atoms with Gasteiger partial charge in [0.25, 0.3) is 0 Å². The molecular weight excluding hydrogens is 194 g/mol. The van der Waals surface area contributed by atoms with E-state index in [1.807, 2.05) is 0 Å². The van der Waals surface area contributed by atoms with E-state index in [0.29, 0.717) is 5.38 Å². The SMILES string of the molecule is CC(C)CCNCC1CCC(Cl)CC1. The highest BCUT2D eigenvalue weighted by atomic mass is 35.5. The van der Waals surface area contributed by atoms with E-state index in [9.17, 15) is 0 Å². The normalized spacial score (nSPS) is 28.3. The number of hydrogen-bond donors (Lipinski definition) is 1. The predicted molar refractivity (Wildman–Crippen MR) is 63.9 cm³/mol. The molecule has 0 saturated heterocycles. The number of halogens is 1. The summed E-state index contributed by atoms with van der Waals surface area (Å²) in [6, 6.07) is 0. The van der Waals surface area contributed by atoms with Gasteiger partial charge in [-0.1, -0.05) is 13.8 Å². The van der Waals surface area contributed by atoms with Crippen LogP contribution in [0.5, 0.6) is 0 Å². The van der Waals surface area contributed by atoms with Crippen LogP contribution in [-0.2, 0) is 0 Å². The molecule has 2 heteroatoms. The smallest absolute Gasteiger partial charge is 0.0336 e. The molecule has 1 nitrogen and oxygen atoms in total. The van der Waals surface area contributed by atoms with Crippen molar-refractivity contribution in [1.82, 2.24) is 5.32 Å². The van der Waals surface area contributed by atoms with Crippen LogP contribution in [0.15, 0.2) is 0 Å². The number of rotatable bonds is 5. The van der Waals surface area contributed by atoms with E-state index in [1.54, 1.807) is 0 Å². The molecule has 14 heavy (non-hydrogen) atoms. The topological polar surface area (TPSA) is 12.0 Å². The monoisotopic (exact) mass is 217 g/mol. The van der Waals surface area contributed by atoms with Crippen molar-refractivity contribution in [2.75, 3.05) is 13.1 Å². The van der Waals surface area contributed by atoms with Gasteiger partial charge in [-0.25, -0.2) is 0 Å². The van der Waals surface area contributed by atoms with Crippen molar-refractivity contribution in [3.05, 3.63) is 0 Å². The molecule has 1 fully saturated rings. The lowest BCUT2D eigenvalue weighted by Gasteiger charge is -2.25. The second kappa shape index (κ2) is 6.68. The Labute approximate surface area is 93.6 Å². The molecule has 84 valence electrons. The molecule has 0 unspecified atom stereocenters. The third-order valence-electron chi connectivity index (χ3n) is 3.11. The Kier molecular flexibility index (Phi) is 5.88. The van der Waals surface area contributed by atoms with Crippen molar-refractivity contribution in [1.29, 1.82) is 0 Å². The quantitative estimate of drug-likeness (QED) is 0.550. The molecule has 0 spiro atoms. The second-order valence-corrected chi connectivity index (χ2v) is 5.62. The minimum atomic E-state index is 0.460. The van der Waals surface area contributed by atoms with Gasteiger partial charge < -0.3 is 5.32 Å². The van der Waals surface area contributed by atoms with Gasteiger partial charge in [-0.3, -0.25) is 0 Å². The first-order valence-corrected chi connectivity index (χ1v) is 6.47. The van der Waals surface area contributed by atoms with Crippen molar-refractivity contribution in [3.63, 3.8) is 0 Å². The van der Waals surface area contributed by atoms with Crippen molar-refractivity contribution < 1.29 is 0 Å². The second-order valence-electron chi connectivity index (χ2n) is 5.00. The minimum absolute atomic E-state index is 0.460. The minimum Gasteiger partial charge on any atom is -0.316 e. The van der Waals surface area contributed by atoms with Crippen molar-refractivity contribution in [2.45, 2.75) is 51.3 Å². The summed E-state index contributed by atoms with van der Waals surface area (Å²) in [5, 5.41) is 4.02. The van der Waals surface area contributed by atoms with E-state index in [1.165, 1.54) is 45.2 Å². The third-order valence-corrected chi connectivity index (χ3v) is 3.54. The Morgan fingerprint density at radius 3 is 2.43 bits per heavy atom. The Morgan fingerprint density at radius 1 is 1.21 bits per heavy atom. The highest BCUT2D eigenvalue weighted by Gasteiger charge is 2.18. The summed E-state index contributed by atoms with van der Waals surface area (Å²) in [6.45, 7) is 6.94. The molecular formula is C12H24ClN. The molecule has 0 amide bonds. The lowest BCUT2D eigenvalue weighted by atomic mass is 9.89. The number of nitrogens with one attached hydrogen (secondary N) is 1. The Morgan fingerprint density at radius 2 is 1.86 bits per heavy atom. The molecule has 0 aliphatic heterocycles. The van der Waals surface area contributed by atoms with E-state index in [0.717, 1.165) is 11.8 Å². The van der Waals surface area contributed by atoms with Gasteiger partial charge in [-0.05, 0) is 57.0 Å². The van der Waals surface area contributed by atoms with Crippen LogP contribution in [0, 0.1) is 11.8 Å². The van der Waals surface area contributed by atoms with Crippen LogP contribution in [0.3, 0.4) is 0 Å². The van der Waals surface area contributed by atoms with Crippen LogP contribution in [0.4, 0.5) is 0 Å². The summed E-state index contributed by atoms with van der Waals surface area (Å²) in [6.07, 6.45) is 6.38. The molecule has 1 N–H and O–H groups in total. The first-order valence-electron chi connectivity index (χ1n) is 6.03. The fourth-order valence-electron chi connectivity index (χ4n) is 2.02. The highest BCUT2D eigenvalue weighted by molar-refractivity contribution is 6.20. The van der Waals surface area contributed by atoms with Gasteiger partial charge in [-0.2, -0.15) is 0 Å². The number of alkyl halides is 1. The fourth-order valence-corrected chi connectivity index (χ4v) is 2.27. The van der Waals surface area contributed by atoms with Gasteiger partial charge in [-0.15, -0.1) is 11.6 Å². The molecule has 1 aliphatic rings. The molecule has 0 aromatic carbocycles. The van der Waals surface area contributed by atoms with Crippen molar-refractivity contribution in [3.8, 4) is 0 Å². The van der Waals surface area contributed by atoms with Crippen LogP contribution < -0.4 is 5.32 Å². The summed E-state index contributed by atoms with van der Waals surface area (Å²) < 4.78 is 0. The van der Waals surface area contributed by atoms with Crippen LogP contribution in [0.1, 0.15) is 46.0 Å². The Hall–Kier alpha value is 0.250. The largest absolute Gasteiger partial charge is 0.316 e. The van der Waals surface area contributed by atoms with Gasteiger partial charge >= 0.3 is 0 Å². The van der Waals surface area contributed by atoms with Gasteiger partial charge in [0.1, 0.15) is 0 Å². The predicted octanol–water partition coefficient (Wildman–Crippen LogP) is 3.42. The maximum Gasteiger partial charge on any atom is 0.0336 e. The molecule has 0 bridgehead atoms. The lowest BCUT2D eigenvalue weighted by Crippen LogP contribution is -2.27. The highest BCUT2D eigenvalue weighted by Crippen LogP contribution is 2.26. The number of hydrogen-bond acceptors (Lipinski definition) is 1. The zero-order chi connectivity index (χ0) is 10.4. The molecule has 1 rings (SSSR count). The Bertz CT molecular complexity index is 139. The maximum atomic E-state index is 6.06. The van der Waals surface area contributed by atoms with Gasteiger partial charge in [0, 0.05) is 5.38 Å². The van der Waals surface area contributed by atoms with Crippen molar-refractivity contribution >= 4 is 11.6 Å².